The number of nitrogens with zero attached hydrogens (tertiary/aromatic N) is 5. The molecule has 9 rings (SSSR count). The number of aliphatic hydroxyl groups excluding tert-OH is 2. The molecule has 0 radical (unpaired) electrons. The summed E-state index contributed by atoms with van der Waals surface area (Å²) in [6, 6.07) is 13.4. The van der Waals surface area contributed by atoms with Gasteiger partial charge in [0.1, 0.15) is 25.3 Å². The highest BCUT2D eigenvalue weighted by atomic mass is 16.6. The second kappa shape index (κ2) is 34.0. The Hall–Kier alpha value is -10.5. The summed E-state index contributed by atoms with van der Waals surface area (Å²) < 4.78 is 35.4. The Balaban J connectivity index is 0.813. The van der Waals surface area contributed by atoms with E-state index in [9.17, 15) is 68.2 Å². The number of amides is 11. The number of imide groups is 1. The van der Waals surface area contributed by atoms with E-state index in [-0.39, 0.29) is 147 Å². The van der Waals surface area contributed by atoms with E-state index in [0.717, 1.165) is 14.7 Å². The highest BCUT2D eigenvalue weighted by molar-refractivity contribution is 6.58. The van der Waals surface area contributed by atoms with Crippen LogP contribution in [0.25, 0.3) is 0 Å². The molecule has 2 unspecified atom stereocenters. The average Bonchev–Trinajstić information content (AvgIpc) is 1.62. The number of rotatable bonds is 31. The lowest BCUT2D eigenvalue weighted by molar-refractivity contribution is -0.137. The van der Waals surface area contributed by atoms with Crippen molar-refractivity contribution in [2.75, 3.05) is 68.7 Å². The van der Waals surface area contributed by atoms with Gasteiger partial charge in [0.05, 0.1) is 62.0 Å². The second-order valence-electron chi connectivity index (χ2n) is 25.4. The summed E-state index contributed by atoms with van der Waals surface area (Å²) in [7, 11) is 1.10. The van der Waals surface area contributed by atoms with E-state index < -0.39 is 97.4 Å². The maximum atomic E-state index is 14.4. The van der Waals surface area contributed by atoms with Gasteiger partial charge in [-0.05, 0) is 105 Å². The van der Waals surface area contributed by atoms with Gasteiger partial charge in [-0.25, -0.2) is 24.2 Å². The Labute approximate surface area is 583 Å². The van der Waals surface area contributed by atoms with E-state index in [1.165, 1.54) is 72.6 Å². The van der Waals surface area contributed by atoms with Gasteiger partial charge in [-0.15, -0.1) is 0 Å². The molecule has 5 heterocycles. The fraction of sp³-hybridized carbons (Fsp3) is 0.429. The quantitative estimate of drug-likeness (QED) is 0.0149. The van der Waals surface area contributed by atoms with Crippen molar-refractivity contribution in [1.82, 2.24) is 30.7 Å². The van der Waals surface area contributed by atoms with Crippen LogP contribution < -0.4 is 61.2 Å². The van der Waals surface area contributed by atoms with Crippen LogP contribution in [0.2, 0.25) is 0 Å². The third kappa shape index (κ3) is 18.3. The Bertz CT molecular complexity index is 3810. The zero-order valence-electron chi connectivity index (χ0n) is 56.7. The van der Waals surface area contributed by atoms with E-state index in [2.05, 4.69) is 34.4 Å². The summed E-state index contributed by atoms with van der Waals surface area (Å²) in [6.07, 6.45) is 0.963. The van der Waals surface area contributed by atoms with E-state index in [0.29, 0.717) is 66.5 Å². The van der Waals surface area contributed by atoms with Gasteiger partial charge in [0.25, 0.3) is 23.6 Å². The van der Waals surface area contributed by atoms with Gasteiger partial charge >= 0.3 is 25.3 Å². The van der Waals surface area contributed by atoms with Crippen LogP contribution in [0, 0.1) is 5.92 Å². The number of nitrogens with two attached hydrogens (primary N) is 1. The van der Waals surface area contributed by atoms with Crippen LogP contribution in [0.15, 0.2) is 109 Å². The van der Waals surface area contributed by atoms with Gasteiger partial charge in [0.15, 0.2) is 35.5 Å². The molecule has 0 aromatic heterocycles. The minimum Gasteiger partial charge on any atom is -0.493 e. The molecule has 0 bridgehead atoms. The summed E-state index contributed by atoms with van der Waals surface area (Å²) in [6.45, 7) is 11.8. The number of unbranched alkanes of at least 4 members (excludes halogenated alkanes) is 4. The number of anilines is 3. The number of benzene rings is 4. The third-order valence-electron chi connectivity index (χ3n) is 17.8. The van der Waals surface area contributed by atoms with Gasteiger partial charge in [-0.1, -0.05) is 81.0 Å². The number of aliphatic hydroxyl groups is 2. The molecule has 101 heavy (non-hydrogen) atoms. The zero-order valence-corrected chi connectivity index (χ0v) is 56.7. The number of carbonyl (C=O) groups excluding carboxylic acids is 10. The number of methoxy groups -OCH3 is 2. The molecule has 0 saturated carbocycles. The molecule has 5 aliphatic heterocycles. The molecule has 2 saturated heterocycles. The second-order valence-corrected chi connectivity index (χ2v) is 25.4. The third-order valence-corrected chi connectivity index (χ3v) is 17.8. The molecule has 11 amide bonds. The van der Waals surface area contributed by atoms with Gasteiger partial charge < -0.3 is 85.5 Å². The van der Waals surface area contributed by atoms with Crippen molar-refractivity contribution in [3.63, 3.8) is 0 Å². The molecule has 6 atom stereocenters. The number of fused-ring (bicyclic) bond motifs is 4. The molecule has 4 aromatic rings. The van der Waals surface area contributed by atoms with Gasteiger partial charge in [0.2, 0.25) is 17.7 Å². The predicted molar refractivity (Wildman–Crippen MR) is 367 cm³/mol. The number of hydrogen-bond donors (Lipinski definition) is 9. The minimum absolute atomic E-state index is 0.0154. The van der Waals surface area contributed by atoms with Crippen LogP contribution >= 0.6 is 0 Å². The molecule has 2 fully saturated rings. The van der Waals surface area contributed by atoms with E-state index in [1.807, 2.05) is 0 Å². The molecule has 10 N–H and O–H groups in total. The van der Waals surface area contributed by atoms with E-state index >= 15 is 0 Å². The first-order chi connectivity index (χ1) is 48.3. The first-order valence-corrected chi connectivity index (χ1v) is 33.3. The predicted octanol–water partition coefficient (Wildman–Crippen LogP) is 4.00. The lowest BCUT2D eigenvalue weighted by Crippen LogP contribution is -2.54. The molecular weight excluding hydrogens is 1310 g/mol. The van der Waals surface area contributed by atoms with Crippen molar-refractivity contribution in [3.05, 3.63) is 132 Å². The number of carbonyl (C=O) groups is 10. The molecule has 0 aliphatic carbocycles. The fourth-order valence-electron chi connectivity index (χ4n) is 12.5. The zero-order chi connectivity index (χ0) is 72.8. The molecule has 30 nitrogen and oxygen atoms in total. The summed E-state index contributed by atoms with van der Waals surface area (Å²) in [4.78, 5) is 139. The molecular formula is C70H85BN10O20. The number of nitrogens with one attached hydrogen (secondary N) is 4. The van der Waals surface area contributed by atoms with E-state index in [1.54, 1.807) is 50.2 Å². The lowest BCUT2D eigenvalue weighted by atomic mass is 9.80. The Morgan fingerprint density at radius 3 is 1.60 bits per heavy atom. The number of primary amides is 1. The van der Waals surface area contributed by atoms with Crippen molar-refractivity contribution in [3.8, 4) is 23.0 Å². The van der Waals surface area contributed by atoms with Gasteiger partial charge in [-0.2, -0.15) is 0 Å². The SMILES string of the molecule is C=C1C[C@H]2C(O)N(C(=O)OCc3ccc(NC(=O)[C@H](CCCNC(N)=O)NC(=O)[C@@H](NC(=O)CCCCCN4C(=O)C=CC4=O)C(C)C)cc3)c3cc(OCCCCCOc4cc5c(cc4OC)C(=O)N4CC(=C)C[C@H]4C(O)N5C(=O)OCc4ccc(B(O)O)cc4)c(OC)cc3C(=O)N2C1. The lowest BCUT2D eigenvalue weighted by Gasteiger charge is -2.31. The van der Waals surface area contributed by atoms with Crippen molar-refractivity contribution in [1.29, 1.82) is 0 Å². The molecule has 5 aliphatic rings. The highest BCUT2D eigenvalue weighted by Gasteiger charge is 2.48. The summed E-state index contributed by atoms with van der Waals surface area (Å²) >= 11 is 0. The van der Waals surface area contributed by atoms with Crippen LogP contribution in [-0.4, -0.2) is 192 Å². The topological polar surface area (TPSA) is 397 Å². The maximum absolute atomic E-state index is 14.4. The Kier molecular flexibility index (Phi) is 25.2. The van der Waals surface area contributed by atoms with Crippen LogP contribution in [0.1, 0.15) is 116 Å². The van der Waals surface area contributed by atoms with Crippen molar-refractivity contribution >= 4 is 89.2 Å². The van der Waals surface area contributed by atoms with Crippen molar-refractivity contribution in [2.24, 2.45) is 11.7 Å². The van der Waals surface area contributed by atoms with Crippen LogP contribution in [-0.2, 0) is 46.7 Å². The summed E-state index contributed by atoms with van der Waals surface area (Å²) in [5, 5.41) is 53.7. The van der Waals surface area contributed by atoms with Gasteiger partial charge in [0, 0.05) is 62.6 Å². The van der Waals surface area contributed by atoms with Crippen LogP contribution in [0.5, 0.6) is 23.0 Å². The number of ether oxygens (including phenoxy) is 6. The highest BCUT2D eigenvalue weighted by Crippen LogP contribution is 2.44. The van der Waals surface area contributed by atoms with Crippen LogP contribution in [0.4, 0.5) is 31.4 Å². The summed E-state index contributed by atoms with van der Waals surface area (Å²) in [5.74, 6) is -3.12. The molecule has 4 aromatic carbocycles. The first-order valence-electron chi connectivity index (χ1n) is 33.3. The first kappa shape index (κ1) is 74.7. The molecule has 31 heteroatoms. The number of urea groups is 1. The smallest absolute Gasteiger partial charge is 0.488 e. The largest absolute Gasteiger partial charge is 0.493 e. The standard InChI is InChI=1S/C70H85BN10O20/c1-40(2)61(76-58(82)15-9-7-10-27-77-59(83)24-25-60(77)84)63(86)75-49(14-13-26-73-68(72)91)62(85)74-46-22-18-44(19-23-46)39-101-70(93)81-51-35-57(55(97-6)33-48(51)65(88)79-37-42(4)31-53(79)67(81)90)99-29-12-8-11-28-98-56-34-50-47(32-54(56)96-5)64(87)78-36-41(3)30-52(78)66(89)80(50)69(92)100-38-43-16-20-45(21-17-43)71(94)95/h16-25,32-35,40,49,52-53,61,66-67,89-90,94-95H,3-4,7-15,26-31,36-39H2,1-2,5-6H3,(H,74,85)(H,75,86)(H,76,82)(H3,72,73,91)/t49-,52-,53-,61-,66?,67?/m0/s1. The number of hydrogen-bond acceptors (Lipinski definition) is 20. The van der Waals surface area contributed by atoms with E-state index in [4.69, 9.17) is 34.2 Å². The average molecular weight is 1400 g/mol. The monoisotopic (exact) mass is 1400 g/mol. The maximum Gasteiger partial charge on any atom is 0.488 e. The van der Waals surface area contributed by atoms with Gasteiger partial charge in [-0.3, -0.25) is 38.5 Å². The Morgan fingerprint density at radius 1 is 0.634 bits per heavy atom. The normalized spacial score (nSPS) is 18.2. The molecule has 0 spiro atoms. The Morgan fingerprint density at radius 2 is 1.13 bits per heavy atom. The van der Waals surface area contributed by atoms with Crippen molar-refractivity contribution in [2.45, 2.75) is 134 Å². The van der Waals surface area contributed by atoms with Crippen molar-refractivity contribution < 1.29 is 96.6 Å². The van der Waals surface area contributed by atoms with Crippen LogP contribution in [0.3, 0.4) is 0 Å². The molecule has 538 valence electrons. The minimum atomic E-state index is -1.69. The summed E-state index contributed by atoms with van der Waals surface area (Å²) in [5.41, 5.74) is 8.17. The fourth-order valence-corrected chi connectivity index (χ4v) is 12.5.